The predicted molar refractivity (Wildman–Crippen MR) is 101 cm³/mol. The molecule has 0 bridgehead atoms. The van der Waals surface area contributed by atoms with Crippen molar-refractivity contribution >= 4 is 23.4 Å². The van der Waals surface area contributed by atoms with Gasteiger partial charge in [0.2, 0.25) is 11.8 Å². The summed E-state index contributed by atoms with van der Waals surface area (Å²) in [5, 5.41) is 2.04. The van der Waals surface area contributed by atoms with E-state index in [1.54, 1.807) is 0 Å². The molecule has 3 aliphatic rings. The second kappa shape index (κ2) is 7.37. The highest BCUT2D eigenvalue weighted by Gasteiger charge is 2.42. The molecule has 1 atom stereocenters. The first-order valence-electron chi connectivity index (χ1n) is 13.1. The number of carbonyl (C=O) groups excluding carboxylic acids is 3. The number of hydrogen-bond donors (Lipinski definition) is 1. The average molecular weight is 414 g/mol. The Morgan fingerprint density at radius 1 is 1.17 bits per heavy atom. The summed E-state index contributed by atoms with van der Waals surface area (Å²) in [6.07, 6.45) is -0.208. The van der Waals surface area contributed by atoms with Crippen LogP contribution in [0.25, 0.3) is 0 Å². The van der Waals surface area contributed by atoms with Crippen molar-refractivity contribution in [2.75, 3.05) is 30.9 Å². The molecule has 1 N–H and O–H groups in total. The molecule has 0 aromatic heterocycles. The summed E-state index contributed by atoms with van der Waals surface area (Å²) in [7, 11) is 0. The molecule has 3 amide bonds. The Morgan fingerprint density at radius 2 is 1.86 bits per heavy atom. The monoisotopic (exact) mass is 414 g/mol. The number of fused-ring (bicyclic) bond motifs is 1. The molecule has 1 aromatic carbocycles. The molecule has 0 saturated carbocycles. The number of piperidine rings is 1. The first kappa shape index (κ1) is 12.2. The molecule has 4 rings (SSSR count). The third kappa shape index (κ3) is 3.37. The minimum atomic E-state index is -3.43. The molecule has 2 fully saturated rings. The number of halogens is 2. The number of benzene rings is 1. The highest BCUT2D eigenvalue weighted by molar-refractivity contribution is 6.05. The van der Waals surface area contributed by atoms with Gasteiger partial charge >= 0.3 is 0 Å². The van der Waals surface area contributed by atoms with Crippen LogP contribution in [0, 0.1) is 11.6 Å². The quantitative estimate of drug-likeness (QED) is 0.754. The maximum absolute atomic E-state index is 15.9. The molecule has 7 nitrogen and oxygen atoms in total. The third-order valence-electron chi connectivity index (χ3n) is 5.01. The summed E-state index contributed by atoms with van der Waals surface area (Å²) in [6, 6.07) is -1.92. The second-order valence-electron chi connectivity index (χ2n) is 7.19. The lowest BCUT2D eigenvalue weighted by molar-refractivity contribution is -0.136. The summed E-state index contributed by atoms with van der Waals surface area (Å²) in [4.78, 5) is 37.8. The third-order valence-corrected chi connectivity index (χ3v) is 5.01. The Morgan fingerprint density at radius 3 is 2.48 bits per heavy atom. The number of rotatable bonds is 3. The Kier molecular flexibility index (Phi) is 3.10. The zero-order chi connectivity index (χ0) is 28.0. The predicted octanol–water partition coefficient (Wildman–Crippen LogP) is 1.26. The summed E-state index contributed by atoms with van der Waals surface area (Å²) >= 11 is 0. The van der Waals surface area contributed by atoms with Crippen molar-refractivity contribution in [3.63, 3.8) is 0 Å². The van der Waals surface area contributed by atoms with Gasteiger partial charge in [-0.15, -0.1) is 0 Å². The molecule has 1 aromatic rings. The summed E-state index contributed by atoms with van der Waals surface area (Å²) in [6.45, 7) is -11.3. The number of amides is 3. The van der Waals surface area contributed by atoms with Crippen molar-refractivity contribution in [2.24, 2.45) is 0 Å². The van der Waals surface area contributed by atoms with E-state index in [0.717, 1.165) is 4.90 Å². The van der Waals surface area contributed by atoms with E-state index < -0.39 is 90.8 Å². The molecule has 0 aliphatic carbocycles. The number of hydrogen-bond acceptors (Lipinski definition) is 5. The largest absolute Gasteiger partial charge is 0.367 e. The van der Waals surface area contributed by atoms with Crippen LogP contribution in [0.4, 0.5) is 14.5 Å². The zero-order valence-electron chi connectivity index (χ0n) is 23.7. The van der Waals surface area contributed by atoms with E-state index in [0.29, 0.717) is 11.0 Å². The minimum absolute atomic E-state index is 0.0941. The van der Waals surface area contributed by atoms with E-state index in [-0.39, 0.29) is 17.7 Å². The van der Waals surface area contributed by atoms with Gasteiger partial charge in [0.1, 0.15) is 11.9 Å². The van der Waals surface area contributed by atoms with Gasteiger partial charge in [0, 0.05) is 55.6 Å². The molecule has 3 aliphatic heterocycles. The maximum Gasteiger partial charge on any atom is 0.258 e. The van der Waals surface area contributed by atoms with Gasteiger partial charge < -0.3 is 9.80 Å². The Labute approximate surface area is 178 Å². The van der Waals surface area contributed by atoms with Gasteiger partial charge in [-0.05, 0) is 20.3 Å². The Hall–Kier alpha value is -2.55. The van der Waals surface area contributed by atoms with Crippen LogP contribution in [0.2, 0.25) is 0 Å². The molecule has 9 heteroatoms. The molecule has 2 saturated heterocycles. The minimum Gasteiger partial charge on any atom is -0.367 e. The number of carbonyl (C=O) groups is 3. The molecule has 29 heavy (non-hydrogen) atoms. The van der Waals surface area contributed by atoms with E-state index in [9.17, 15) is 14.4 Å². The van der Waals surface area contributed by atoms with Crippen LogP contribution < -0.4 is 10.2 Å². The van der Waals surface area contributed by atoms with Gasteiger partial charge in [-0.2, -0.15) is 0 Å². The fourth-order valence-electron chi connectivity index (χ4n) is 3.47. The molecular weight excluding hydrogens is 382 g/mol. The highest BCUT2D eigenvalue weighted by Crippen LogP contribution is 2.36. The lowest BCUT2D eigenvalue weighted by atomic mass is 10.0. The summed E-state index contributed by atoms with van der Waals surface area (Å²) < 4.78 is 98.4. The van der Waals surface area contributed by atoms with Gasteiger partial charge in [0.15, 0.2) is 5.82 Å². The van der Waals surface area contributed by atoms with Gasteiger partial charge in [0.25, 0.3) is 5.91 Å². The smallest absolute Gasteiger partial charge is 0.258 e. The van der Waals surface area contributed by atoms with Crippen molar-refractivity contribution in [3.8, 4) is 0 Å². The maximum atomic E-state index is 15.9. The zero-order valence-corrected chi connectivity index (χ0v) is 15.7. The summed E-state index contributed by atoms with van der Waals surface area (Å²) in [5.74, 6) is -5.31. The standard InChI is InChI=1S/C20H24F2N4O3/c1-11(2)24-5-7-25(8-6-24)15-9-13(21)17-12(18(15)22)10-26(20(17)29)14-3-4-16(27)23-19(14)28/h9,11,14H,3-8,10H2,1-2H3,(H,23,27,28)/t14-/m1/s1/i5D2,6D2,7D2,8D2. The fourth-order valence-corrected chi connectivity index (χ4v) is 3.47. The van der Waals surface area contributed by atoms with Gasteiger partial charge in [-0.25, -0.2) is 8.78 Å². The number of imide groups is 1. The highest BCUT2D eigenvalue weighted by atomic mass is 19.1. The number of anilines is 1. The number of piperazine rings is 1. The van der Waals surface area contributed by atoms with Crippen LogP contribution in [-0.2, 0) is 16.1 Å². The van der Waals surface area contributed by atoms with Gasteiger partial charge in [-0.1, -0.05) is 0 Å². The van der Waals surface area contributed by atoms with E-state index >= 15 is 8.78 Å². The van der Waals surface area contributed by atoms with Crippen molar-refractivity contribution in [1.82, 2.24) is 15.1 Å². The molecule has 0 spiro atoms. The molecular formula is C20H24F2N4O3. The number of nitrogens with zero attached hydrogens (tertiary/aromatic N) is 3. The Balaban J connectivity index is 1.86. The topological polar surface area (TPSA) is 73.0 Å². The van der Waals surface area contributed by atoms with Crippen LogP contribution in [0.15, 0.2) is 6.07 Å². The summed E-state index contributed by atoms with van der Waals surface area (Å²) in [5.41, 5.74) is -2.51. The van der Waals surface area contributed by atoms with E-state index in [4.69, 9.17) is 11.0 Å². The van der Waals surface area contributed by atoms with Crippen molar-refractivity contribution in [3.05, 3.63) is 28.8 Å². The SMILES string of the molecule is [2H]C1([2H])N(c2cc(F)c3c(c2F)CN([C@@H]2CCC(=O)NC2=O)C3=O)C([2H])([2H])C([2H])([2H])N(C(C)C)C1([2H])[2H]. The van der Waals surface area contributed by atoms with Crippen molar-refractivity contribution in [1.29, 1.82) is 0 Å². The first-order chi connectivity index (χ1) is 16.8. The van der Waals surface area contributed by atoms with Gasteiger partial charge in [-0.3, -0.25) is 24.6 Å². The molecule has 0 radical (unpaired) electrons. The molecule has 0 unspecified atom stereocenters. The average Bonchev–Trinajstić information content (AvgIpc) is 3.07. The lowest BCUT2D eigenvalue weighted by Gasteiger charge is -2.38. The van der Waals surface area contributed by atoms with Crippen LogP contribution in [0.1, 0.15) is 53.6 Å². The normalized spacial score (nSPS) is 34.1. The van der Waals surface area contributed by atoms with E-state index in [1.807, 2.05) is 5.32 Å². The first-order valence-corrected chi connectivity index (χ1v) is 9.05. The lowest BCUT2D eigenvalue weighted by Crippen LogP contribution is -2.52. The van der Waals surface area contributed by atoms with E-state index in [1.165, 1.54) is 13.8 Å². The second-order valence-corrected chi connectivity index (χ2v) is 7.19. The van der Waals surface area contributed by atoms with Crippen LogP contribution in [-0.4, -0.2) is 65.6 Å². The number of nitrogens with one attached hydrogen (secondary N) is 1. The van der Waals surface area contributed by atoms with Crippen LogP contribution >= 0.6 is 0 Å². The van der Waals surface area contributed by atoms with Crippen LogP contribution in [0.3, 0.4) is 0 Å². The van der Waals surface area contributed by atoms with Crippen molar-refractivity contribution in [2.45, 2.75) is 45.3 Å². The molecule has 3 heterocycles. The Bertz CT molecular complexity index is 1180. The van der Waals surface area contributed by atoms with Crippen LogP contribution in [0.5, 0.6) is 0 Å². The van der Waals surface area contributed by atoms with E-state index in [2.05, 4.69) is 0 Å². The fraction of sp³-hybridized carbons (Fsp3) is 0.550. The molecule has 156 valence electrons. The van der Waals surface area contributed by atoms with Crippen molar-refractivity contribution < 1.29 is 34.1 Å². The van der Waals surface area contributed by atoms with Gasteiger partial charge in [0.05, 0.1) is 23.3 Å².